The number of aromatic nitrogens is 4. The fourth-order valence-corrected chi connectivity index (χ4v) is 2.94. The Balaban J connectivity index is 1.57. The molecule has 1 atom stereocenters. The van der Waals surface area contributed by atoms with Gasteiger partial charge in [-0.15, -0.1) is 0 Å². The van der Waals surface area contributed by atoms with Crippen LogP contribution in [0.1, 0.15) is 36.2 Å². The van der Waals surface area contributed by atoms with Gasteiger partial charge in [0.15, 0.2) is 0 Å². The molecule has 1 saturated carbocycles. The van der Waals surface area contributed by atoms with Gasteiger partial charge in [0.2, 0.25) is 5.82 Å². The van der Waals surface area contributed by atoms with Crippen molar-refractivity contribution in [1.82, 2.24) is 19.7 Å². The van der Waals surface area contributed by atoms with Gasteiger partial charge >= 0.3 is 0 Å². The highest BCUT2D eigenvalue weighted by Gasteiger charge is 2.36. The number of ether oxygens (including phenoxy) is 1. The first kappa shape index (κ1) is 15.1. The maximum absolute atomic E-state index is 5.51. The molecule has 4 rings (SSSR count). The minimum atomic E-state index is -0.0805. The van der Waals surface area contributed by atoms with Crippen LogP contribution in [0.15, 0.2) is 41.2 Å². The second kappa shape index (κ2) is 6.20. The summed E-state index contributed by atoms with van der Waals surface area (Å²) in [5.41, 5.74) is 2.12. The van der Waals surface area contributed by atoms with Crippen LogP contribution >= 0.6 is 0 Å². The van der Waals surface area contributed by atoms with Gasteiger partial charge in [-0.05, 0) is 37.3 Å². The van der Waals surface area contributed by atoms with E-state index in [1.54, 1.807) is 7.11 Å². The molecular weight excluding hydrogens is 304 g/mol. The number of rotatable bonds is 6. The number of hydrogen-bond donors (Lipinski definition) is 0. The van der Waals surface area contributed by atoms with Gasteiger partial charge in [-0.2, -0.15) is 4.98 Å². The summed E-state index contributed by atoms with van der Waals surface area (Å²) in [6.07, 6.45) is 6.04. The summed E-state index contributed by atoms with van der Waals surface area (Å²) in [6.45, 7) is 2.77. The lowest BCUT2D eigenvalue weighted by Gasteiger charge is -2.08. The van der Waals surface area contributed by atoms with E-state index in [0.29, 0.717) is 17.6 Å². The van der Waals surface area contributed by atoms with Crippen LogP contribution in [0.5, 0.6) is 0 Å². The van der Waals surface area contributed by atoms with Crippen LogP contribution in [0.2, 0.25) is 0 Å². The first-order valence-electron chi connectivity index (χ1n) is 8.18. The van der Waals surface area contributed by atoms with Crippen LogP contribution in [0, 0.1) is 12.8 Å². The molecule has 2 heterocycles. The van der Waals surface area contributed by atoms with Crippen LogP contribution in [-0.2, 0) is 11.3 Å². The van der Waals surface area contributed by atoms with Crippen molar-refractivity contribution in [3.8, 4) is 11.4 Å². The highest BCUT2D eigenvalue weighted by molar-refractivity contribution is 5.55. The molecule has 0 amide bonds. The molecule has 1 aliphatic carbocycles. The molecule has 0 bridgehead atoms. The number of aryl methyl sites for hydroxylation is 1. The summed E-state index contributed by atoms with van der Waals surface area (Å²) < 4.78 is 13.1. The van der Waals surface area contributed by atoms with Crippen LogP contribution in [0.4, 0.5) is 0 Å². The fourth-order valence-electron chi connectivity index (χ4n) is 2.94. The van der Waals surface area contributed by atoms with Gasteiger partial charge in [-0.25, -0.2) is 4.98 Å². The van der Waals surface area contributed by atoms with Crippen molar-refractivity contribution < 1.29 is 9.26 Å². The second-order valence-electron chi connectivity index (χ2n) is 6.25. The smallest absolute Gasteiger partial charge is 0.256 e. The lowest BCUT2D eigenvalue weighted by Crippen LogP contribution is -2.04. The molecule has 0 N–H and O–H groups in total. The fraction of sp³-hybridized carbons (Fsp3) is 0.389. The Morgan fingerprint density at radius 1 is 1.38 bits per heavy atom. The molecule has 24 heavy (non-hydrogen) atoms. The van der Waals surface area contributed by atoms with E-state index in [4.69, 9.17) is 9.26 Å². The van der Waals surface area contributed by atoms with Crippen LogP contribution < -0.4 is 0 Å². The van der Waals surface area contributed by atoms with E-state index >= 15 is 0 Å². The highest BCUT2D eigenvalue weighted by atomic mass is 16.5. The lowest BCUT2D eigenvalue weighted by atomic mass is 10.1. The summed E-state index contributed by atoms with van der Waals surface area (Å²) in [6, 6.07) is 8.19. The Morgan fingerprint density at radius 2 is 2.25 bits per heavy atom. The largest absolute Gasteiger partial charge is 0.371 e. The van der Waals surface area contributed by atoms with E-state index in [9.17, 15) is 0 Å². The van der Waals surface area contributed by atoms with Gasteiger partial charge in [0, 0.05) is 31.6 Å². The lowest BCUT2D eigenvalue weighted by molar-refractivity contribution is 0.0561. The van der Waals surface area contributed by atoms with Gasteiger partial charge in [0.1, 0.15) is 11.9 Å². The number of hydrogen-bond acceptors (Lipinski definition) is 5. The number of nitrogens with zero attached hydrogens (tertiary/aromatic N) is 4. The van der Waals surface area contributed by atoms with E-state index in [-0.39, 0.29) is 6.10 Å². The predicted molar refractivity (Wildman–Crippen MR) is 88.3 cm³/mol. The van der Waals surface area contributed by atoms with Gasteiger partial charge < -0.3 is 13.8 Å². The van der Waals surface area contributed by atoms with Crippen molar-refractivity contribution in [3.63, 3.8) is 0 Å². The molecule has 6 nitrogen and oxygen atoms in total. The Hall–Kier alpha value is -2.47. The van der Waals surface area contributed by atoms with Crippen molar-refractivity contribution in [2.75, 3.05) is 7.11 Å². The Kier molecular flexibility index (Phi) is 3.90. The maximum atomic E-state index is 5.51. The number of imidazole rings is 1. The molecule has 6 heteroatoms. The van der Waals surface area contributed by atoms with E-state index in [0.717, 1.165) is 30.8 Å². The molecule has 0 radical (unpaired) electrons. The molecule has 1 fully saturated rings. The third-order valence-electron chi connectivity index (χ3n) is 4.45. The highest BCUT2D eigenvalue weighted by Crippen LogP contribution is 2.42. The first-order valence-corrected chi connectivity index (χ1v) is 8.18. The normalized spacial score (nSPS) is 15.6. The minimum absolute atomic E-state index is 0.0805. The second-order valence-corrected chi connectivity index (χ2v) is 6.25. The zero-order chi connectivity index (χ0) is 16.5. The van der Waals surface area contributed by atoms with E-state index in [1.165, 1.54) is 5.56 Å². The molecule has 0 aliphatic heterocycles. The standard InChI is InChI=1S/C18H20N4O2/c1-12-19-8-9-22(12)11-13-4-3-5-15(10-13)17-20-18(24-21-17)16(23-2)14-6-7-14/h3-5,8-10,14,16H,6-7,11H2,1-2H3. The van der Waals surface area contributed by atoms with Crippen LogP contribution in [-0.4, -0.2) is 26.8 Å². The summed E-state index contributed by atoms with van der Waals surface area (Å²) in [7, 11) is 1.70. The summed E-state index contributed by atoms with van der Waals surface area (Å²) in [5, 5.41) is 4.14. The monoisotopic (exact) mass is 324 g/mol. The summed E-state index contributed by atoms with van der Waals surface area (Å²) in [4.78, 5) is 8.80. The van der Waals surface area contributed by atoms with Gasteiger partial charge in [0.05, 0.1) is 0 Å². The summed E-state index contributed by atoms with van der Waals surface area (Å²) >= 11 is 0. The van der Waals surface area contributed by atoms with E-state index in [2.05, 4.69) is 31.8 Å². The Labute approximate surface area is 140 Å². The molecule has 0 saturated heterocycles. The first-order chi connectivity index (χ1) is 11.7. The molecule has 1 aliphatic rings. The summed E-state index contributed by atoms with van der Waals surface area (Å²) in [5.74, 6) is 2.69. The van der Waals surface area contributed by atoms with Crippen molar-refractivity contribution in [2.45, 2.75) is 32.4 Å². The van der Waals surface area contributed by atoms with Crippen molar-refractivity contribution in [3.05, 3.63) is 53.9 Å². The quantitative estimate of drug-likeness (QED) is 0.695. The van der Waals surface area contributed by atoms with Crippen molar-refractivity contribution >= 4 is 0 Å². The molecule has 1 aromatic carbocycles. The van der Waals surface area contributed by atoms with Crippen molar-refractivity contribution in [1.29, 1.82) is 0 Å². The van der Waals surface area contributed by atoms with Crippen molar-refractivity contribution in [2.24, 2.45) is 5.92 Å². The SMILES string of the molecule is COC(c1nc(-c2cccc(Cn3ccnc3C)c2)no1)C1CC1. The Bertz CT molecular complexity index is 835. The third-order valence-corrected chi connectivity index (χ3v) is 4.45. The number of benzene rings is 1. The Morgan fingerprint density at radius 3 is 2.96 bits per heavy atom. The van der Waals surface area contributed by atoms with Gasteiger partial charge in [0.25, 0.3) is 5.89 Å². The van der Waals surface area contributed by atoms with Crippen LogP contribution in [0.3, 0.4) is 0 Å². The average Bonchev–Trinajstić information content (AvgIpc) is 3.16. The van der Waals surface area contributed by atoms with E-state index in [1.807, 2.05) is 31.5 Å². The molecule has 3 aromatic rings. The topological polar surface area (TPSA) is 66.0 Å². The van der Waals surface area contributed by atoms with E-state index < -0.39 is 0 Å². The molecule has 2 aromatic heterocycles. The zero-order valence-corrected chi connectivity index (χ0v) is 13.8. The predicted octanol–water partition coefficient (Wildman–Crippen LogP) is 3.39. The van der Waals surface area contributed by atoms with Gasteiger partial charge in [-0.1, -0.05) is 23.4 Å². The van der Waals surface area contributed by atoms with Gasteiger partial charge in [-0.3, -0.25) is 0 Å². The number of methoxy groups -OCH3 is 1. The maximum Gasteiger partial charge on any atom is 0.256 e. The zero-order valence-electron chi connectivity index (χ0n) is 13.8. The minimum Gasteiger partial charge on any atom is -0.371 e. The van der Waals surface area contributed by atoms with Crippen LogP contribution in [0.25, 0.3) is 11.4 Å². The average molecular weight is 324 g/mol. The molecular formula is C18H20N4O2. The molecule has 0 spiro atoms. The molecule has 124 valence electrons. The third kappa shape index (κ3) is 2.97. The molecule has 1 unspecified atom stereocenters.